The van der Waals surface area contributed by atoms with Gasteiger partial charge in [-0.2, -0.15) is 4.31 Å². The second kappa shape index (κ2) is 11.0. The summed E-state index contributed by atoms with van der Waals surface area (Å²) in [5.41, 5.74) is 1.25. The van der Waals surface area contributed by atoms with E-state index in [0.717, 1.165) is 37.7 Å². The Morgan fingerprint density at radius 1 is 1.03 bits per heavy atom. The molecule has 1 unspecified atom stereocenters. The number of hydrogen-bond donors (Lipinski definition) is 1. The summed E-state index contributed by atoms with van der Waals surface area (Å²) in [5.74, 6) is 0.384. The summed E-state index contributed by atoms with van der Waals surface area (Å²) in [6, 6.07) is 14.2. The Kier molecular flexibility index (Phi) is 8.32. The van der Waals surface area contributed by atoms with Crippen LogP contribution in [-0.4, -0.2) is 38.8 Å². The molecule has 7 heteroatoms. The van der Waals surface area contributed by atoms with E-state index in [1.165, 1.54) is 23.5 Å². The topological polar surface area (TPSA) is 75.7 Å². The monoisotopic (exact) mass is 458 g/mol. The van der Waals surface area contributed by atoms with E-state index in [2.05, 4.69) is 19.2 Å². The lowest BCUT2D eigenvalue weighted by atomic mass is 9.96. The third kappa shape index (κ3) is 5.90. The number of nitrogens with zero attached hydrogens (tertiary/aromatic N) is 1. The molecule has 1 saturated heterocycles. The molecule has 1 fully saturated rings. The average Bonchev–Trinajstić information content (AvgIpc) is 3.08. The van der Waals surface area contributed by atoms with Crippen molar-refractivity contribution in [3.63, 3.8) is 0 Å². The van der Waals surface area contributed by atoms with Gasteiger partial charge in [-0.05, 0) is 48.9 Å². The Bertz CT molecular complexity index is 998. The highest BCUT2D eigenvalue weighted by atomic mass is 32.2. The highest BCUT2D eigenvalue weighted by Gasteiger charge is 2.28. The number of sulfonamides is 1. The minimum atomic E-state index is -3.67. The standard InChI is InChI=1S/C25H34N2O4S/c1-19(2)17-23(20-11-7-6-8-12-20)26-25(28)22-18-21(13-14-24(22)31-3)32(29,30)27-15-9-4-5-10-16-27/h6-8,11-14,18-19,23H,4-5,9-10,15-17H2,1-3H3,(H,26,28). The zero-order valence-electron chi connectivity index (χ0n) is 19.2. The summed E-state index contributed by atoms with van der Waals surface area (Å²) in [5, 5.41) is 3.10. The molecule has 0 bridgehead atoms. The molecule has 0 aromatic heterocycles. The fourth-order valence-corrected chi connectivity index (χ4v) is 5.67. The first-order valence-corrected chi connectivity index (χ1v) is 12.8. The highest BCUT2D eigenvalue weighted by molar-refractivity contribution is 7.89. The first kappa shape index (κ1) is 24.3. The van der Waals surface area contributed by atoms with Crippen molar-refractivity contribution in [3.8, 4) is 5.75 Å². The van der Waals surface area contributed by atoms with Crippen LogP contribution in [-0.2, 0) is 10.0 Å². The van der Waals surface area contributed by atoms with Crippen molar-refractivity contribution in [1.82, 2.24) is 9.62 Å². The summed E-state index contributed by atoms with van der Waals surface area (Å²) in [4.78, 5) is 13.4. The van der Waals surface area contributed by atoms with Crippen LogP contribution in [0, 0.1) is 5.92 Å². The van der Waals surface area contributed by atoms with Gasteiger partial charge >= 0.3 is 0 Å². The zero-order chi connectivity index (χ0) is 23.1. The number of rotatable bonds is 8. The Labute approximate surface area is 192 Å². The number of carbonyl (C=O) groups is 1. The van der Waals surface area contributed by atoms with Gasteiger partial charge in [0.1, 0.15) is 5.75 Å². The molecule has 2 aromatic rings. The first-order valence-electron chi connectivity index (χ1n) is 11.4. The van der Waals surface area contributed by atoms with Gasteiger partial charge in [-0.25, -0.2) is 8.42 Å². The molecule has 2 aromatic carbocycles. The van der Waals surface area contributed by atoms with Crippen molar-refractivity contribution in [2.75, 3.05) is 20.2 Å². The van der Waals surface area contributed by atoms with Crippen LogP contribution in [0.4, 0.5) is 0 Å². The van der Waals surface area contributed by atoms with Crippen LogP contribution >= 0.6 is 0 Å². The molecule has 1 heterocycles. The molecule has 1 N–H and O–H groups in total. The molecule has 1 amide bonds. The summed E-state index contributed by atoms with van der Waals surface area (Å²) in [6.07, 6.45) is 4.56. The molecule has 1 aliphatic rings. The number of benzene rings is 2. The van der Waals surface area contributed by atoms with Crippen LogP contribution in [0.2, 0.25) is 0 Å². The van der Waals surface area contributed by atoms with Crippen molar-refractivity contribution in [2.24, 2.45) is 5.92 Å². The molecule has 1 atom stereocenters. The molecule has 6 nitrogen and oxygen atoms in total. The van der Waals surface area contributed by atoms with Crippen molar-refractivity contribution < 1.29 is 17.9 Å². The third-order valence-electron chi connectivity index (χ3n) is 5.83. The smallest absolute Gasteiger partial charge is 0.255 e. The van der Waals surface area contributed by atoms with E-state index in [4.69, 9.17) is 4.74 Å². The van der Waals surface area contributed by atoms with Crippen molar-refractivity contribution >= 4 is 15.9 Å². The SMILES string of the molecule is COc1ccc(S(=O)(=O)N2CCCCCC2)cc1C(=O)NC(CC(C)C)c1ccccc1. The van der Waals surface area contributed by atoms with Crippen molar-refractivity contribution in [1.29, 1.82) is 0 Å². The number of ether oxygens (including phenoxy) is 1. The van der Waals surface area contributed by atoms with Gasteiger partial charge in [0.2, 0.25) is 10.0 Å². The first-order chi connectivity index (χ1) is 15.3. The number of carbonyl (C=O) groups excluding carboxylic acids is 1. The van der Waals surface area contributed by atoms with Crippen LogP contribution in [0.3, 0.4) is 0 Å². The summed E-state index contributed by atoms with van der Waals surface area (Å²) in [6.45, 7) is 5.24. The molecule has 1 aliphatic heterocycles. The second-order valence-corrected chi connectivity index (χ2v) is 10.7. The molecule has 3 rings (SSSR count). The number of methoxy groups -OCH3 is 1. The predicted molar refractivity (Wildman–Crippen MR) is 126 cm³/mol. The highest BCUT2D eigenvalue weighted by Crippen LogP contribution is 2.28. The Morgan fingerprint density at radius 3 is 2.28 bits per heavy atom. The quantitative estimate of drug-likeness (QED) is 0.618. The summed E-state index contributed by atoms with van der Waals surface area (Å²) in [7, 11) is -2.18. The minimum Gasteiger partial charge on any atom is -0.496 e. The molecule has 0 radical (unpaired) electrons. The average molecular weight is 459 g/mol. The van der Waals surface area contributed by atoms with E-state index < -0.39 is 10.0 Å². The zero-order valence-corrected chi connectivity index (χ0v) is 20.0. The molecule has 0 spiro atoms. The van der Waals surface area contributed by atoms with E-state index in [-0.39, 0.29) is 22.4 Å². The van der Waals surface area contributed by atoms with Gasteiger partial charge in [-0.1, -0.05) is 57.0 Å². The third-order valence-corrected chi connectivity index (χ3v) is 7.73. The van der Waals surface area contributed by atoms with Gasteiger partial charge in [0, 0.05) is 13.1 Å². The largest absolute Gasteiger partial charge is 0.496 e. The molecule has 0 aliphatic carbocycles. The van der Waals surface area contributed by atoms with Crippen molar-refractivity contribution in [3.05, 3.63) is 59.7 Å². The summed E-state index contributed by atoms with van der Waals surface area (Å²) < 4.78 is 33.4. The predicted octanol–water partition coefficient (Wildman–Crippen LogP) is 4.78. The molecular formula is C25H34N2O4S. The lowest BCUT2D eigenvalue weighted by Gasteiger charge is -2.23. The maximum atomic E-state index is 13.3. The van der Waals surface area contributed by atoms with Crippen LogP contribution in [0.1, 0.15) is 67.9 Å². The lowest BCUT2D eigenvalue weighted by molar-refractivity contribution is 0.0928. The Morgan fingerprint density at radius 2 is 1.69 bits per heavy atom. The molecule has 0 saturated carbocycles. The normalized spacial score (nSPS) is 16.4. The van der Waals surface area contributed by atoms with Crippen LogP contribution < -0.4 is 10.1 Å². The number of amides is 1. The van der Waals surface area contributed by atoms with E-state index in [1.54, 1.807) is 6.07 Å². The maximum absolute atomic E-state index is 13.3. The van der Waals surface area contributed by atoms with E-state index in [9.17, 15) is 13.2 Å². The lowest BCUT2D eigenvalue weighted by Crippen LogP contribution is -2.33. The number of nitrogens with one attached hydrogen (secondary N) is 1. The maximum Gasteiger partial charge on any atom is 0.255 e. The van der Waals surface area contributed by atoms with E-state index in [0.29, 0.717) is 24.8 Å². The van der Waals surface area contributed by atoms with E-state index in [1.807, 2.05) is 30.3 Å². The van der Waals surface area contributed by atoms with Gasteiger partial charge < -0.3 is 10.1 Å². The number of hydrogen-bond acceptors (Lipinski definition) is 4. The minimum absolute atomic E-state index is 0.130. The van der Waals surface area contributed by atoms with Gasteiger partial charge in [-0.3, -0.25) is 4.79 Å². The Hall–Kier alpha value is -2.38. The summed E-state index contributed by atoms with van der Waals surface area (Å²) >= 11 is 0. The molecular weight excluding hydrogens is 424 g/mol. The van der Waals surface area contributed by atoms with Gasteiger partial charge in [0.05, 0.1) is 23.6 Å². The van der Waals surface area contributed by atoms with Crippen molar-refractivity contribution in [2.45, 2.75) is 56.9 Å². The molecule has 32 heavy (non-hydrogen) atoms. The fraction of sp³-hybridized carbons (Fsp3) is 0.480. The second-order valence-electron chi connectivity index (χ2n) is 8.75. The van der Waals surface area contributed by atoms with Crippen LogP contribution in [0.5, 0.6) is 5.75 Å². The van der Waals surface area contributed by atoms with Crippen LogP contribution in [0.15, 0.2) is 53.4 Å². The van der Waals surface area contributed by atoms with Gasteiger partial charge in [-0.15, -0.1) is 0 Å². The van der Waals surface area contributed by atoms with Gasteiger partial charge in [0.25, 0.3) is 5.91 Å². The van der Waals surface area contributed by atoms with Crippen LogP contribution in [0.25, 0.3) is 0 Å². The van der Waals surface area contributed by atoms with E-state index >= 15 is 0 Å². The Balaban J connectivity index is 1.91. The fourth-order valence-electron chi connectivity index (χ4n) is 4.13. The van der Waals surface area contributed by atoms with Gasteiger partial charge in [0.15, 0.2) is 0 Å². The molecule has 174 valence electrons.